The summed E-state index contributed by atoms with van der Waals surface area (Å²) in [5.41, 5.74) is 2.45. The molecule has 2 bridgehead atoms. The summed E-state index contributed by atoms with van der Waals surface area (Å²) in [6.45, 7) is 3.97. The lowest BCUT2D eigenvalue weighted by Gasteiger charge is -2.43. The number of nitrogens with zero attached hydrogens (tertiary/aromatic N) is 3. The number of fused-ring (bicyclic) bond motifs is 5. The molecule has 27 heavy (non-hydrogen) atoms. The van der Waals surface area contributed by atoms with E-state index in [0.29, 0.717) is 24.9 Å². The van der Waals surface area contributed by atoms with Crippen LogP contribution in [0.4, 0.5) is 0 Å². The minimum Gasteiger partial charge on any atom is -0.390 e. The minimum absolute atomic E-state index is 0.121. The first-order valence-corrected chi connectivity index (χ1v) is 9.81. The van der Waals surface area contributed by atoms with Gasteiger partial charge in [-0.3, -0.25) is 9.69 Å². The quantitative estimate of drug-likeness (QED) is 0.774. The number of piperidine rings is 1. The van der Waals surface area contributed by atoms with Gasteiger partial charge in [-0.1, -0.05) is 24.3 Å². The van der Waals surface area contributed by atoms with E-state index in [1.54, 1.807) is 6.07 Å². The number of aliphatic hydroxyl groups excluding tert-OH is 1. The van der Waals surface area contributed by atoms with Gasteiger partial charge >= 0.3 is 0 Å². The highest BCUT2D eigenvalue weighted by molar-refractivity contribution is 5.79. The predicted molar refractivity (Wildman–Crippen MR) is 106 cm³/mol. The molecule has 5 rings (SSSR count). The summed E-state index contributed by atoms with van der Waals surface area (Å²) in [5.74, 6) is 0.891. The summed E-state index contributed by atoms with van der Waals surface area (Å²) in [5, 5.41) is 11.9. The van der Waals surface area contributed by atoms with Gasteiger partial charge in [-0.2, -0.15) is 0 Å². The van der Waals surface area contributed by atoms with Gasteiger partial charge in [0.15, 0.2) is 0 Å². The molecule has 2 aliphatic rings. The lowest BCUT2D eigenvalue weighted by molar-refractivity contribution is 0.0553. The van der Waals surface area contributed by atoms with E-state index in [9.17, 15) is 9.90 Å². The third kappa shape index (κ3) is 3.11. The highest BCUT2D eigenvalue weighted by Crippen LogP contribution is 2.34. The number of benzene rings is 1. The number of aliphatic hydroxyl groups is 1. The molecular weight excluding hydrogens is 338 g/mol. The summed E-state index contributed by atoms with van der Waals surface area (Å²) >= 11 is 0. The second-order valence-corrected chi connectivity index (χ2v) is 8.10. The second-order valence-electron chi connectivity index (χ2n) is 8.10. The normalized spacial score (nSPS) is 23.3. The molecule has 4 heterocycles. The smallest absolute Gasteiger partial charge is 0.250 e. The number of pyridine rings is 1. The van der Waals surface area contributed by atoms with E-state index >= 15 is 0 Å². The molecule has 3 atom stereocenters. The largest absolute Gasteiger partial charge is 0.390 e. The molecule has 1 fully saturated rings. The molecule has 0 aliphatic carbocycles. The molecule has 2 aromatic heterocycles. The van der Waals surface area contributed by atoms with Gasteiger partial charge in [0.25, 0.3) is 5.56 Å². The lowest BCUT2D eigenvalue weighted by atomic mass is 9.83. The molecule has 1 N–H and O–H groups in total. The van der Waals surface area contributed by atoms with Gasteiger partial charge in [-0.15, -0.1) is 0 Å². The van der Waals surface area contributed by atoms with E-state index in [1.807, 2.05) is 22.8 Å². The molecule has 3 aromatic rings. The number of likely N-dealkylation sites (tertiary alicyclic amines) is 1. The van der Waals surface area contributed by atoms with Crippen LogP contribution in [0.3, 0.4) is 0 Å². The molecule has 0 radical (unpaired) electrons. The van der Waals surface area contributed by atoms with Gasteiger partial charge in [0, 0.05) is 62.1 Å². The fraction of sp³-hybridized carbons (Fsp3) is 0.409. The maximum absolute atomic E-state index is 12.1. The molecule has 1 unspecified atom stereocenters. The Balaban J connectivity index is 1.29. The highest BCUT2D eigenvalue weighted by Gasteiger charge is 2.34. The Labute approximate surface area is 158 Å². The molecule has 0 spiro atoms. The fourth-order valence-corrected chi connectivity index (χ4v) is 5.03. The van der Waals surface area contributed by atoms with Gasteiger partial charge in [-0.25, -0.2) is 0 Å². The predicted octanol–water partition coefficient (Wildman–Crippen LogP) is 2.28. The standard InChI is InChI=1S/C22H25N3O2/c26-19(15-24-9-8-17-4-1-2-5-20(17)24)14-23-11-16-10-18(13-23)21-6-3-7-22(27)25(21)12-16/h1-9,16,18-19,26H,10-15H2/t16-,18+,19?/m1/s1. The zero-order chi connectivity index (χ0) is 18.4. The Morgan fingerprint density at radius 3 is 2.81 bits per heavy atom. The van der Waals surface area contributed by atoms with Crippen molar-refractivity contribution in [1.29, 1.82) is 0 Å². The van der Waals surface area contributed by atoms with Crippen molar-refractivity contribution in [2.75, 3.05) is 19.6 Å². The van der Waals surface area contributed by atoms with Crippen LogP contribution >= 0.6 is 0 Å². The van der Waals surface area contributed by atoms with Crippen molar-refractivity contribution >= 4 is 10.9 Å². The van der Waals surface area contributed by atoms with Crippen LogP contribution in [0.1, 0.15) is 18.0 Å². The summed E-state index contributed by atoms with van der Waals surface area (Å²) < 4.78 is 4.10. The average molecular weight is 363 g/mol. The molecular formula is C22H25N3O2. The van der Waals surface area contributed by atoms with Crippen LogP contribution in [0.15, 0.2) is 59.5 Å². The molecule has 0 saturated carbocycles. The third-order valence-electron chi connectivity index (χ3n) is 6.11. The van der Waals surface area contributed by atoms with E-state index in [-0.39, 0.29) is 5.56 Å². The fourth-order valence-electron chi connectivity index (χ4n) is 5.03. The van der Waals surface area contributed by atoms with E-state index in [2.05, 4.69) is 39.9 Å². The van der Waals surface area contributed by atoms with Crippen molar-refractivity contribution in [2.45, 2.75) is 31.5 Å². The second kappa shape index (κ2) is 6.66. The third-order valence-corrected chi connectivity index (χ3v) is 6.11. The van der Waals surface area contributed by atoms with E-state index in [4.69, 9.17) is 0 Å². The number of hydrogen-bond donors (Lipinski definition) is 1. The van der Waals surface area contributed by atoms with Gasteiger partial charge < -0.3 is 14.2 Å². The number of para-hydroxylation sites is 1. The number of hydrogen-bond acceptors (Lipinski definition) is 3. The monoisotopic (exact) mass is 363 g/mol. The van der Waals surface area contributed by atoms with E-state index in [1.165, 1.54) is 10.9 Å². The number of β-amino-alcohol motifs (C(OH)–C–C–N with tert-alkyl or cyclic N) is 1. The zero-order valence-corrected chi connectivity index (χ0v) is 15.4. The van der Waals surface area contributed by atoms with Gasteiger partial charge in [0.1, 0.15) is 0 Å². The maximum Gasteiger partial charge on any atom is 0.250 e. The Kier molecular flexibility index (Phi) is 4.14. The molecule has 1 saturated heterocycles. The Hall–Kier alpha value is -2.37. The first-order chi connectivity index (χ1) is 13.2. The molecule has 1 aromatic carbocycles. The van der Waals surface area contributed by atoms with Crippen molar-refractivity contribution in [3.05, 3.63) is 70.8 Å². The first kappa shape index (κ1) is 16.8. The van der Waals surface area contributed by atoms with Crippen LogP contribution in [0, 0.1) is 5.92 Å². The highest BCUT2D eigenvalue weighted by atomic mass is 16.3. The maximum atomic E-state index is 12.1. The lowest BCUT2D eigenvalue weighted by Crippen LogP contribution is -2.49. The summed E-state index contributed by atoms with van der Waals surface area (Å²) in [7, 11) is 0. The van der Waals surface area contributed by atoms with Gasteiger partial charge in [0.2, 0.25) is 0 Å². The van der Waals surface area contributed by atoms with Crippen LogP contribution in [0.25, 0.3) is 10.9 Å². The summed E-state index contributed by atoms with van der Waals surface area (Å²) in [4.78, 5) is 14.5. The van der Waals surface area contributed by atoms with Gasteiger partial charge in [-0.05, 0) is 35.9 Å². The number of rotatable bonds is 4. The van der Waals surface area contributed by atoms with Crippen LogP contribution in [-0.4, -0.2) is 44.9 Å². The van der Waals surface area contributed by atoms with Crippen molar-refractivity contribution in [2.24, 2.45) is 5.92 Å². The van der Waals surface area contributed by atoms with Gasteiger partial charge in [0.05, 0.1) is 6.10 Å². The van der Waals surface area contributed by atoms with E-state index in [0.717, 1.165) is 31.7 Å². The van der Waals surface area contributed by atoms with Crippen molar-refractivity contribution in [3.8, 4) is 0 Å². The molecule has 140 valence electrons. The zero-order valence-electron chi connectivity index (χ0n) is 15.4. The minimum atomic E-state index is -0.405. The Morgan fingerprint density at radius 2 is 1.89 bits per heavy atom. The average Bonchev–Trinajstić information content (AvgIpc) is 3.05. The molecule has 5 heteroatoms. The van der Waals surface area contributed by atoms with E-state index < -0.39 is 6.10 Å². The van der Waals surface area contributed by atoms with Crippen molar-refractivity contribution in [3.63, 3.8) is 0 Å². The van der Waals surface area contributed by atoms with Crippen LogP contribution < -0.4 is 5.56 Å². The Bertz CT molecular complexity index is 1020. The summed E-state index contributed by atoms with van der Waals surface area (Å²) in [6, 6.07) is 16.0. The van der Waals surface area contributed by atoms with Crippen molar-refractivity contribution in [1.82, 2.24) is 14.0 Å². The van der Waals surface area contributed by atoms with Crippen molar-refractivity contribution < 1.29 is 5.11 Å². The van der Waals surface area contributed by atoms with Crippen LogP contribution in [0.5, 0.6) is 0 Å². The summed E-state index contributed by atoms with van der Waals surface area (Å²) in [6.07, 6.45) is 2.80. The molecule has 2 aliphatic heterocycles. The Morgan fingerprint density at radius 1 is 1.00 bits per heavy atom. The van der Waals surface area contributed by atoms with Crippen LogP contribution in [-0.2, 0) is 13.1 Å². The topological polar surface area (TPSA) is 50.4 Å². The SMILES string of the molecule is O=c1cccc2n1C[C@@H]1C[C@H]2CN(CC(O)Cn2ccc3ccccc32)C1. The first-order valence-electron chi connectivity index (χ1n) is 9.81. The molecule has 5 nitrogen and oxygen atoms in total. The molecule has 0 amide bonds. The van der Waals surface area contributed by atoms with Crippen LogP contribution in [0.2, 0.25) is 0 Å². The number of aromatic nitrogens is 2.